The summed E-state index contributed by atoms with van der Waals surface area (Å²) in [6, 6.07) is -0.498. The van der Waals surface area contributed by atoms with E-state index in [0.29, 0.717) is 24.7 Å². The van der Waals surface area contributed by atoms with E-state index in [1.54, 1.807) is 6.92 Å². The van der Waals surface area contributed by atoms with E-state index in [-0.39, 0.29) is 5.92 Å². The molecule has 0 saturated heterocycles. The number of carbonyl (C=O) groups is 2. The second-order valence-electron chi connectivity index (χ2n) is 5.14. The van der Waals surface area contributed by atoms with E-state index in [9.17, 15) is 14.7 Å². The van der Waals surface area contributed by atoms with E-state index < -0.39 is 17.5 Å². The van der Waals surface area contributed by atoms with Crippen LogP contribution in [-0.4, -0.2) is 39.3 Å². The molecule has 1 fully saturated rings. The summed E-state index contributed by atoms with van der Waals surface area (Å²) in [5.74, 6) is -0.0304. The zero-order chi connectivity index (χ0) is 14.8. The average Bonchev–Trinajstić information content (AvgIpc) is 3.14. The molecule has 1 aromatic rings. The van der Waals surface area contributed by atoms with Gasteiger partial charge in [0.2, 0.25) is 5.89 Å². The molecule has 0 aliphatic heterocycles. The van der Waals surface area contributed by atoms with Gasteiger partial charge < -0.3 is 20.3 Å². The van der Waals surface area contributed by atoms with Gasteiger partial charge in [-0.2, -0.15) is 4.98 Å². The van der Waals surface area contributed by atoms with Crippen LogP contribution in [0.15, 0.2) is 4.52 Å². The number of hydrogen-bond donors (Lipinski definition) is 3. The third kappa shape index (κ3) is 3.25. The van der Waals surface area contributed by atoms with Crippen LogP contribution in [0.1, 0.15) is 31.5 Å². The molecule has 20 heavy (non-hydrogen) atoms. The van der Waals surface area contributed by atoms with Crippen molar-refractivity contribution in [2.75, 3.05) is 6.54 Å². The minimum atomic E-state index is -1.20. The molecular weight excluding hydrogens is 264 g/mol. The van der Waals surface area contributed by atoms with Crippen molar-refractivity contribution < 1.29 is 19.2 Å². The van der Waals surface area contributed by atoms with Gasteiger partial charge in [-0.3, -0.25) is 0 Å². The molecule has 1 heterocycles. The van der Waals surface area contributed by atoms with Gasteiger partial charge in [-0.15, -0.1) is 0 Å². The summed E-state index contributed by atoms with van der Waals surface area (Å²) in [5, 5.41) is 18.1. The predicted octanol–water partition coefficient (Wildman–Crippen LogP) is 0.473. The summed E-state index contributed by atoms with van der Waals surface area (Å²) in [7, 11) is 0. The van der Waals surface area contributed by atoms with Gasteiger partial charge >= 0.3 is 12.0 Å². The number of aryl methyl sites for hydroxylation is 1. The summed E-state index contributed by atoms with van der Waals surface area (Å²) >= 11 is 0. The van der Waals surface area contributed by atoms with Gasteiger partial charge in [0.05, 0.1) is 0 Å². The highest BCUT2D eigenvalue weighted by Crippen LogP contribution is 2.39. The summed E-state index contributed by atoms with van der Waals surface area (Å²) < 4.78 is 4.81. The zero-order valence-corrected chi connectivity index (χ0v) is 11.5. The van der Waals surface area contributed by atoms with Gasteiger partial charge in [0.1, 0.15) is 5.54 Å². The molecule has 0 radical (unpaired) electrons. The van der Waals surface area contributed by atoms with E-state index in [1.807, 2.05) is 0 Å². The molecule has 1 aliphatic rings. The highest BCUT2D eigenvalue weighted by molar-refractivity contribution is 5.86. The number of carboxylic acid groups (broad SMARTS) is 1. The number of aromatic nitrogens is 2. The maximum absolute atomic E-state index is 11.7. The normalized spacial score (nSPS) is 17.3. The molecule has 110 valence electrons. The lowest BCUT2D eigenvalue weighted by molar-refractivity contribution is -0.144. The van der Waals surface area contributed by atoms with Gasteiger partial charge in [0, 0.05) is 19.9 Å². The second kappa shape index (κ2) is 5.48. The van der Waals surface area contributed by atoms with Gasteiger partial charge in [0.15, 0.2) is 5.82 Å². The highest BCUT2D eigenvalue weighted by Gasteiger charge is 2.48. The highest BCUT2D eigenvalue weighted by atomic mass is 16.5. The van der Waals surface area contributed by atoms with E-state index in [1.165, 1.54) is 6.92 Å². The van der Waals surface area contributed by atoms with Gasteiger partial charge in [0.25, 0.3) is 0 Å². The fourth-order valence-corrected chi connectivity index (χ4v) is 2.00. The number of carboxylic acids is 1. The minimum Gasteiger partial charge on any atom is -0.480 e. The Balaban J connectivity index is 1.78. The van der Waals surface area contributed by atoms with Gasteiger partial charge in [-0.05, 0) is 25.7 Å². The number of urea groups is 1. The first-order chi connectivity index (χ1) is 9.41. The number of aliphatic carboxylic acids is 1. The number of amides is 2. The first-order valence-electron chi connectivity index (χ1n) is 6.50. The first-order valence-corrected chi connectivity index (χ1v) is 6.50. The number of rotatable bonds is 6. The molecular formula is C12H18N4O4. The van der Waals surface area contributed by atoms with Crippen molar-refractivity contribution in [1.82, 2.24) is 20.8 Å². The Hall–Kier alpha value is -2.12. The van der Waals surface area contributed by atoms with Crippen LogP contribution in [0, 0.1) is 12.8 Å². The Kier molecular flexibility index (Phi) is 3.91. The quantitative estimate of drug-likeness (QED) is 0.698. The average molecular weight is 282 g/mol. The van der Waals surface area contributed by atoms with Crippen LogP contribution in [0.4, 0.5) is 4.79 Å². The number of hydrogen-bond acceptors (Lipinski definition) is 5. The van der Waals surface area contributed by atoms with Crippen molar-refractivity contribution in [3.8, 4) is 0 Å². The van der Waals surface area contributed by atoms with Crippen LogP contribution in [0.25, 0.3) is 0 Å². The molecule has 2 amide bonds. The predicted molar refractivity (Wildman–Crippen MR) is 68.0 cm³/mol. The smallest absolute Gasteiger partial charge is 0.329 e. The van der Waals surface area contributed by atoms with Crippen molar-refractivity contribution in [2.45, 2.75) is 38.6 Å². The number of nitrogens with zero attached hydrogens (tertiary/aromatic N) is 2. The minimum absolute atomic E-state index is 0.00519. The van der Waals surface area contributed by atoms with Gasteiger partial charge in [-0.25, -0.2) is 9.59 Å². The summed E-state index contributed by atoms with van der Waals surface area (Å²) in [5.41, 5.74) is -1.20. The fourth-order valence-electron chi connectivity index (χ4n) is 2.00. The fraction of sp³-hybridized carbons (Fsp3) is 0.667. The number of carbonyl (C=O) groups excluding carboxylic acids is 1. The third-order valence-corrected chi connectivity index (χ3v) is 3.42. The molecule has 1 saturated carbocycles. The third-order valence-electron chi connectivity index (χ3n) is 3.42. The van der Waals surface area contributed by atoms with Crippen molar-refractivity contribution in [1.29, 1.82) is 0 Å². The lowest BCUT2D eigenvalue weighted by atomic mass is 9.96. The molecule has 0 aromatic carbocycles. The molecule has 1 atom stereocenters. The Morgan fingerprint density at radius 3 is 2.70 bits per heavy atom. The molecule has 1 unspecified atom stereocenters. The van der Waals surface area contributed by atoms with Crippen molar-refractivity contribution >= 4 is 12.0 Å². The molecule has 2 rings (SSSR count). The Bertz CT molecular complexity index is 511. The lowest BCUT2D eigenvalue weighted by Gasteiger charge is -2.26. The topological polar surface area (TPSA) is 117 Å². The molecule has 3 N–H and O–H groups in total. The van der Waals surface area contributed by atoms with Crippen molar-refractivity contribution in [3.63, 3.8) is 0 Å². The van der Waals surface area contributed by atoms with Crippen molar-refractivity contribution in [3.05, 3.63) is 11.7 Å². The zero-order valence-electron chi connectivity index (χ0n) is 11.5. The SMILES string of the molecule is Cc1nc(CCNC(=O)NC(C)(C(=O)O)C2CC2)no1. The lowest BCUT2D eigenvalue weighted by Crippen LogP contribution is -2.56. The molecule has 8 heteroatoms. The largest absolute Gasteiger partial charge is 0.480 e. The molecule has 0 spiro atoms. The van der Waals surface area contributed by atoms with E-state index >= 15 is 0 Å². The maximum atomic E-state index is 11.7. The van der Waals surface area contributed by atoms with E-state index in [0.717, 1.165) is 12.8 Å². The molecule has 1 aromatic heterocycles. The maximum Gasteiger partial charge on any atom is 0.329 e. The first kappa shape index (κ1) is 14.3. The van der Waals surface area contributed by atoms with Crippen LogP contribution in [0.3, 0.4) is 0 Å². The summed E-state index contributed by atoms with van der Waals surface area (Å²) in [6.07, 6.45) is 2.08. The summed E-state index contributed by atoms with van der Waals surface area (Å²) in [6.45, 7) is 3.53. The van der Waals surface area contributed by atoms with Crippen LogP contribution in [-0.2, 0) is 11.2 Å². The number of nitrogens with one attached hydrogen (secondary N) is 2. The van der Waals surface area contributed by atoms with Crippen LogP contribution < -0.4 is 10.6 Å². The van der Waals surface area contributed by atoms with E-state index in [4.69, 9.17) is 4.52 Å². The molecule has 8 nitrogen and oxygen atoms in total. The van der Waals surface area contributed by atoms with E-state index in [2.05, 4.69) is 20.8 Å². The Morgan fingerprint density at radius 1 is 1.50 bits per heavy atom. The van der Waals surface area contributed by atoms with Crippen molar-refractivity contribution in [2.24, 2.45) is 5.92 Å². The summed E-state index contributed by atoms with van der Waals surface area (Å²) in [4.78, 5) is 27.0. The molecule has 0 bridgehead atoms. The van der Waals surface area contributed by atoms with Crippen LogP contribution in [0.2, 0.25) is 0 Å². The Morgan fingerprint density at radius 2 is 2.20 bits per heavy atom. The van der Waals surface area contributed by atoms with Crippen LogP contribution >= 0.6 is 0 Å². The Labute approximate surface area is 115 Å². The monoisotopic (exact) mass is 282 g/mol. The molecule has 1 aliphatic carbocycles. The standard InChI is InChI=1S/C12H18N4O4/c1-7-14-9(16-20-7)5-6-13-11(19)15-12(2,10(17)18)8-3-4-8/h8H,3-6H2,1-2H3,(H,17,18)(H2,13,15,19). The van der Waals surface area contributed by atoms with Gasteiger partial charge in [-0.1, -0.05) is 5.16 Å². The van der Waals surface area contributed by atoms with Crippen LogP contribution in [0.5, 0.6) is 0 Å². The second-order valence-corrected chi connectivity index (χ2v) is 5.14.